The summed E-state index contributed by atoms with van der Waals surface area (Å²) in [6, 6.07) is 7.26. The van der Waals surface area contributed by atoms with Crippen molar-refractivity contribution in [1.29, 1.82) is 5.26 Å². The van der Waals surface area contributed by atoms with Crippen molar-refractivity contribution >= 4 is 0 Å². The normalized spacial score (nSPS) is 10.3. The van der Waals surface area contributed by atoms with Gasteiger partial charge in [-0.25, -0.2) is 0 Å². The highest BCUT2D eigenvalue weighted by atomic mass is 16.5. The molecule has 4 nitrogen and oxygen atoms in total. The molecule has 1 rings (SSSR count). The summed E-state index contributed by atoms with van der Waals surface area (Å²) in [7, 11) is 0. The van der Waals surface area contributed by atoms with E-state index < -0.39 is 0 Å². The third-order valence-electron chi connectivity index (χ3n) is 2.70. The van der Waals surface area contributed by atoms with Gasteiger partial charge in [0, 0.05) is 12.7 Å². The number of hydrogen-bond acceptors (Lipinski definition) is 4. The highest BCUT2D eigenvalue weighted by Gasteiger charge is 2.06. The fraction of sp³-hybridized carbons (Fsp3) is 0.562. The largest absolute Gasteiger partial charge is 0.490 e. The first kappa shape index (κ1) is 16.3. The van der Waals surface area contributed by atoms with Crippen LogP contribution in [-0.2, 0) is 4.74 Å². The summed E-state index contributed by atoms with van der Waals surface area (Å²) in [6.07, 6.45) is 1.06. The molecule has 0 bridgehead atoms. The Hall–Kier alpha value is -1.73. The van der Waals surface area contributed by atoms with E-state index in [2.05, 4.69) is 19.9 Å². The third-order valence-corrected chi connectivity index (χ3v) is 2.70. The van der Waals surface area contributed by atoms with Crippen LogP contribution in [0.2, 0.25) is 0 Å². The zero-order chi connectivity index (χ0) is 14.8. The summed E-state index contributed by atoms with van der Waals surface area (Å²) < 4.78 is 16.6. The van der Waals surface area contributed by atoms with Gasteiger partial charge in [-0.15, -0.1) is 0 Å². The summed E-state index contributed by atoms with van der Waals surface area (Å²) in [6.45, 7) is 8.57. The van der Waals surface area contributed by atoms with Crippen molar-refractivity contribution in [3.05, 3.63) is 23.8 Å². The summed E-state index contributed by atoms with van der Waals surface area (Å²) in [4.78, 5) is 0. The van der Waals surface area contributed by atoms with E-state index in [1.54, 1.807) is 18.2 Å². The van der Waals surface area contributed by atoms with Crippen LogP contribution in [0, 0.1) is 17.2 Å². The van der Waals surface area contributed by atoms with Crippen LogP contribution in [-0.4, -0.2) is 26.4 Å². The number of rotatable bonds is 9. The molecule has 0 saturated carbocycles. The molecule has 0 spiro atoms. The summed E-state index contributed by atoms with van der Waals surface area (Å²) in [5.74, 6) is 1.91. The van der Waals surface area contributed by atoms with Gasteiger partial charge in [0.05, 0.1) is 24.8 Å². The molecule has 0 N–H and O–H groups in total. The monoisotopic (exact) mass is 277 g/mol. The van der Waals surface area contributed by atoms with E-state index >= 15 is 0 Å². The second kappa shape index (κ2) is 9.22. The fourth-order valence-corrected chi connectivity index (χ4v) is 1.60. The minimum atomic E-state index is 0.476. The Balaban J connectivity index is 2.41. The first-order valence-corrected chi connectivity index (χ1v) is 7.04. The minimum absolute atomic E-state index is 0.476. The second-order valence-electron chi connectivity index (χ2n) is 4.85. The molecule has 0 atom stereocenters. The van der Waals surface area contributed by atoms with E-state index in [4.69, 9.17) is 19.5 Å². The van der Waals surface area contributed by atoms with Crippen molar-refractivity contribution in [3.63, 3.8) is 0 Å². The zero-order valence-electron chi connectivity index (χ0n) is 12.5. The van der Waals surface area contributed by atoms with E-state index in [9.17, 15) is 0 Å². The van der Waals surface area contributed by atoms with Crippen LogP contribution in [0.15, 0.2) is 18.2 Å². The topological polar surface area (TPSA) is 51.5 Å². The van der Waals surface area contributed by atoms with Gasteiger partial charge < -0.3 is 14.2 Å². The van der Waals surface area contributed by atoms with Gasteiger partial charge in [-0.3, -0.25) is 0 Å². The number of nitrogens with zero attached hydrogens (tertiary/aromatic N) is 1. The Morgan fingerprint density at radius 3 is 2.55 bits per heavy atom. The van der Waals surface area contributed by atoms with Gasteiger partial charge in [0.2, 0.25) is 0 Å². The van der Waals surface area contributed by atoms with Crippen molar-refractivity contribution < 1.29 is 14.2 Å². The standard InChI is InChI=1S/C16H23NO3/c1-4-19-16-11-14(12-17)5-6-15(16)20-10-9-18-8-7-13(2)3/h5-6,11,13H,4,7-10H2,1-3H3. The fourth-order valence-electron chi connectivity index (χ4n) is 1.60. The van der Waals surface area contributed by atoms with Gasteiger partial charge in [-0.2, -0.15) is 5.26 Å². The summed E-state index contributed by atoms with van der Waals surface area (Å²) in [5, 5.41) is 8.87. The van der Waals surface area contributed by atoms with Crippen LogP contribution in [0.1, 0.15) is 32.8 Å². The minimum Gasteiger partial charge on any atom is -0.490 e. The maximum absolute atomic E-state index is 8.87. The molecule has 0 aliphatic heterocycles. The van der Waals surface area contributed by atoms with Crippen LogP contribution in [0.3, 0.4) is 0 Å². The quantitative estimate of drug-likeness (QED) is 0.649. The van der Waals surface area contributed by atoms with Gasteiger partial charge in [0.1, 0.15) is 6.61 Å². The lowest BCUT2D eigenvalue weighted by Gasteiger charge is -2.12. The Labute approximate surface area is 121 Å². The predicted molar refractivity (Wildman–Crippen MR) is 78.1 cm³/mol. The van der Waals surface area contributed by atoms with Gasteiger partial charge in [0.15, 0.2) is 11.5 Å². The van der Waals surface area contributed by atoms with Gasteiger partial charge >= 0.3 is 0 Å². The average molecular weight is 277 g/mol. The number of ether oxygens (including phenoxy) is 3. The summed E-state index contributed by atoms with van der Waals surface area (Å²) >= 11 is 0. The highest BCUT2D eigenvalue weighted by Crippen LogP contribution is 2.28. The molecule has 110 valence electrons. The smallest absolute Gasteiger partial charge is 0.162 e. The van der Waals surface area contributed by atoms with Crippen molar-refractivity contribution in [2.75, 3.05) is 26.4 Å². The molecule has 0 radical (unpaired) electrons. The van der Waals surface area contributed by atoms with E-state index in [1.165, 1.54) is 0 Å². The molecule has 1 aromatic rings. The lowest BCUT2D eigenvalue weighted by atomic mass is 10.1. The average Bonchev–Trinajstić information content (AvgIpc) is 2.43. The Morgan fingerprint density at radius 2 is 1.90 bits per heavy atom. The molecule has 0 aromatic heterocycles. The van der Waals surface area contributed by atoms with E-state index in [-0.39, 0.29) is 0 Å². The summed E-state index contributed by atoms with van der Waals surface area (Å²) in [5.41, 5.74) is 0.564. The van der Waals surface area contributed by atoms with Gasteiger partial charge in [-0.05, 0) is 31.4 Å². The molecule has 0 saturated heterocycles. The molecule has 0 aliphatic carbocycles. The van der Waals surface area contributed by atoms with Crippen LogP contribution >= 0.6 is 0 Å². The zero-order valence-corrected chi connectivity index (χ0v) is 12.5. The van der Waals surface area contributed by atoms with Crippen molar-refractivity contribution in [2.24, 2.45) is 5.92 Å². The molecule has 4 heteroatoms. The third kappa shape index (κ3) is 5.94. The van der Waals surface area contributed by atoms with Crippen molar-refractivity contribution in [1.82, 2.24) is 0 Å². The molecule has 20 heavy (non-hydrogen) atoms. The Morgan fingerprint density at radius 1 is 1.10 bits per heavy atom. The molecule has 1 aromatic carbocycles. The first-order valence-electron chi connectivity index (χ1n) is 7.04. The lowest BCUT2D eigenvalue weighted by molar-refractivity contribution is 0.0914. The van der Waals surface area contributed by atoms with Crippen molar-refractivity contribution in [3.8, 4) is 17.6 Å². The molecule has 0 aliphatic rings. The second-order valence-corrected chi connectivity index (χ2v) is 4.85. The van der Waals surface area contributed by atoms with Crippen LogP contribution in [0.5, 0.6) is 11.5 Å². The van der Waals surface area contributed by atoms with E-state index in [0.29, 0.717) is 42.8 Å². The maximum Gasteiger partial charge on any atom is 0.162 e. The molecule has 0 amide bonds. The van der Waals surface area contributed by atoms with Crippen molar-refractivity contribution in [2.45, 2.75) is 27.2 Å². The van der Waals surface area contributed by atoms with Gasteiger partial charge in [-0.1, -0.05) is 13.8 Å². The lowest BCUT2D eigenvalue weighted by Crippen LogP contribution is -2.09. The maximum atomic E-state index is 8.87. The molecule has 0 unspecified atom stereocenters. The highest BCUT2D eigenvalue weighted by molar-refractivity contribution is 5.46. The Bertz CT molecular complexity index is 438. The molecule has 0 fully saturated rings. The number of benzene rings is 1. The predicted octanol–water partition coefficient (Wildman–Crippen LogP) is 3.40. The van der Waals surface area contributed by atoms with E-state index in [0.717, 1.165) is 13.0 Å². The first-order chi connectivity index (χ1) is 9.67. The van der Waals surface area contributed by atoms with Crippen LogP contribution in [0.25, 0.3) is 0 Å². The van der Waals surface area contributed by atoms with Crippen LogP contribution < -0.4 is 9.47 Å². The number of hydrogen-bond donors (Lipinski definition) is 0. The molecular weight excluding hydrogens is 254 g/mol. The Kier molecular flexibility index (Phi) is 7.52. The van der Waals surface area contributed by atoms with Crippen LogP contribution in [0.4, 0.5) is 0 Å². The molecular formula is C16H23NO3. The molecule has 0 heterocycles. The van der Waals surface area contributed by atoms with Gasteiger partial charge in [0.25, 0.3) is 0 Å². The van der Waals surface area contributed by atoms with E-state index in [1.807, 2.05) is 6.92 Å². The number of nitriles is 1. The SMILES string of the molecule is CCOc1cc(C#N)ccc1OCCOCCC(C)C.